The quantitative estimate of drug-likeness (QED) is 0.848. The zero-order valence-corrected chi connectivity index (χ0v) is 9.91. The monoisotopic (exact) mass is 219 g/mol. The summed E-state index contributed by atoms with van der Waals surface area (Å²) in [6.45, 7) is 5.66. The number of rotatable bonds is 3. The standard InChI is InChI=1S/C13H17NO2/c1-8-6-11(16-13-7-9(13)2)4-5-12(8)14-10(3)15/h4-6,9,13H,7H2,1-3H3,(H,14,15). The van der Waals surface area contributed by atoms with Crippen LogP contribution >= 0.6 is 0 Å². The van der Waals surface area contributed by atoms with Crippen molar-refractivity contribution in [2.24, 2.45) is 5.92 Å². The second-order valence-corrected chi connectivity index (χ2v) is 4.53. The van der Waals surface area contributed by atoms with Gasteiger partial charge in [0.05, 0.1) is 0 Å². The van der Waals surface area contributed by atoms with E-state index in [1.165, 1.54) is 6.92 Å². The molecule has 0 heterocycles. The molecule has 1 aromatic carbocycles. The van der Waals surface area contributed by atoms with E-state index in [2.05, 4.69) is 12.2 Å². The van der Waals surface area contributed by atoms with Gasteiger partial charge in [-0.3, -0.25) is 4.79 Å². The van der Waals surface area contributed by atoms with Crippen molar-refractivity contribution in [1.29, 1.82) is 0 Å². The summed E-state index contributed by atoms with van der Waals surface area (Å²) in [6, 6.07) is 5.76. The number of ether oxygens (including phenoxy) is 1. The molecule has 2 rings (SSSR count). The molecule has 1 amide bonds. The molecule has 1 aliphatic rings. The minimum Gasteiger partial charge on any atom is -0.490 e. The normalized spacial score (nSPS) is 22.7. The van der Waals surface area contributed by atoms with Crippen LogP contribution in [0, 0.1) is 12.8 Å². The van der Waals surface area contributed by atoms with Gasteiger partial charge in [-0.25, -0.2) is 0 Å². The van der Waals surface area contributed by atoms with E-state index < -0.39 is 0 Å². The molecule has 0 aromatic heterocycles. The van der Waals surface area contributed by atoms with Crippen molar-refractivity contribution in [3.63, 3.8) is 0 Å². The Hall–Kier alpha value is -1.51. The van der Waals surface area contributed by atoms with Gasteiger partial charge in [0.25, 0.3) is 0 Å². The number of nitrogens with one attached hydrogen (secondary N) is 1. The maximum atomic E-state index is 10.9. The van der Waals surface area contributed by atoms with Gasteiger partial charge < -0.3 is 10.1 Å². The molecule has 0 spiro atoms. The predicted molar refractivity (Wildman–Crippen MR) is 63.7 cm³/mol. The first-order valence-electron chi connectivity index (χ1n) is 5.61. The fourth-order valence-corrected chi connectivity index (χ4v) is 1.67. The molecule has 1 aromatic rings. The molecule has 2 unspecified atom stereocenters. The Morgan fingerprint density at radius 3 is 2.69 bits per heavy atom. The highest BCUT2D eigenvalue weighted by atomic mass is 16.5. The summed E-state index contributed by atoms with van der Waals surface area (Å²) in [5, 5.41) is 2.78. The number of amides is 1. The zero-order chi connectivity index (χ0) is 11.7. The van der Waals surface area contributed by atoms with Crippen molar-refractivity contribution < 1.29 is 9.53 Å². The number of hydrogen-bond acceptors (Lipinski definition) is 2. The summed E-state index contributed by atoms with van der Waals surface area (Å²) < 4.78 is 5.77. The average molecular weight is 219 g/mol. The smallest absolute Gasteiger partial charge is 0.221 e. The van der Waals surface area contributed by atoms with Gasteiger partial charge in [0.15, 0.2) is 0 Å². The first-order chi connectivity index (χ1) is 7.56. The van der Waals surface area contributed by atoms with Crippen LogP contribution in [0.4, 0.5) is 5.69 Å². The van der Waals surface area contributed by atoms with Crippen LogP contribution in [0.25, 0.3) is 0 Å². The highest BCUT2D eigenvalue weighted by Gasteiger charge is 2.34. The van der Waals surface area contributed by atoms with E-state index in [1.807, 2.05) is 25.1 Å². The van der Waals surface area contributed by atoms with E-state index in [-0.39, 0.29) is 5.91 Å². The van der Waals surface area contributed by atoms with Gasteiger partial charge >= 0.3 is 0 Å². The summed E-state index contributed by atoms with van der Waals surface area (Å²) in [7, 11) is 0. The number of aryl methyl sites for hydroxylation is 1. The van der Waals surface area contributed by atoms with E-state index >= 15 is 0 Å². The lowest BCUT2D eigenvalue weighted by Gasteiger charge is -2.10. The lowest BCUT2D eigenvalue weighted by Crippen LogP contribution is -2.07. The number of carbonyl (C=O) groups excluding carboxylic acids is 1. The average Bonchev–Trinajstić information content (AvgIpc) is 2.86. The molecule has 2 atom stereocenters. The van der Waals surface area contributed by atoms with Crippen molar-refractivity contribution in [1.82, 2.24) is 0 Å². The summed E-state index contributed by atoms with van der Waals surface area (Å²) in [5.41, 5.74) is 1.88. The van der Waals surface area contributed by atoms with E-state index in [0.717, 1.165) is 23.4 Å². The first kappa shape index (κ1) is 11.0. The van der Waals surface area contributed by atoms with Gasteiger partial charge in [-0.1, -0.05) is 6.92 Å². The van der Waals surface area contributed by atoms with Gasteiger partial charge in [-0.2, -0.15) is 0 Å². The van der Waals surface area contributed by atoms with Crippen LogP contribution in [-0.4, -0.2) is 12.0 Å². The molecule has 1 saturated carbocycles. The zero-order valence-electron chi connectivity index (χ0n) is 9.91. The lowest BCUT2D eigenvalue weighted by atomic mass is 10.2. The highest BCUT2D eigenvalue weighted by molar-refractivity contribution is 5.89. The molecule has 86 valence electrons. The highest BCUT2D eigenvalue weighted by Crippen LogP contribution is 2.34. The van der Waals surface area contributed by atoms with Crippen LogP contribution < -0.4 is 10.1 Å². The molecular formula is C13H17NO2. The SMILES string of the molecule is CC(=O)Nc1ccc(OC2CC2C)cc1C. The Morgan fingerprint density at radius 1 is 1.50 bits per heavy atom. The fourth-order valence-electron chi connectivity index (χ4n) is 1.67. The van der Waals surface area contributed by atoms with Crippen molar-refractivity contribution in [3.8, 4) is 5.75 Å². The van der Waals surface area contributed by atoms with Crippen molar-refractivity contribution in [2.45, 2.75) is 33.3 Å². The number of benzene rings is 1. The maximum absolute atomic E-state index is 10.9. The van der Waals surface area contributed by atoms with E-state index in [0.29, 0.717) is 12.0 Å². The molecule has 1 N–H and O–H groups in total. The van der Waals surface area contributed by atoms with Crippen LogP contribution in [0.5, 0.6) is 5.75 Å². The fraction of sp³-hybridized carbons (Fsp3) is 0.462. The van der Waals surface area contributed by atoms with E-state index in [4.69, 9.17) is 4.74 Å². The second kappa shape index (κ2) is 4.16. The third-order valence-electron chi connectivity index (χ3n) is 2.83. The maximum Gasteiger partial charge on any atom is 0.221 e. The second-order valence-electron chi connectivity index (χ2n) is 4.53. The molecule has 0 saturated heterocycles. The molecular weight excluding hydrogens is 202 g/mol. The third kappa shape index (κ3) is 2.54. The Labute approximate surface area is 95.8 Å². The number of carbonyl (C=O) groups is 1. The Balaban J connectivity index is 2.06. The molecule has 3 nitrogen and oxygen atoms in total. The van der Waals surface area contributed by atoms with E-state index in [9.17, 15) is 4.79 Å². The van der Waals surface area contributed by atoms with Gasteiger partial charge in [0.2, 0.25) is 5.91 Å². The minimum absolute atomic E-state index is 0.0485. The molecule has 1 fully saturated rings. The summed E-state index contributed by atoms with van der Waals surface area (Å²) in [6.07, 6.45) is 1.53. The van der Waals surface area contributed by atoms with Crippen molar-refractivity contribution in [3.05, 3.63) is 23.8 Å². The Kier molecular flexibility index (Phi) is 2.86. The largest absolute Gasteiger partial charge is 0.490 e. The van der Waals surface area contributed by atoms with Crippen LogP contribution in [0.15, 0.2) is 18.2 Å². The van der Waals surface area contributed by atoms with Gasteiger partial charge in [-0.05, 0) is 43.0 Å². The topological polar surface area (TPSA) is 38.3 Å². The van der Waals surface area contributed by atoms with Gasteiger partial charge in [-0.15, -0.1) is 0 Å². The Morgan fingerprint density at radius 2 is 2.19 bits per heavy atom. The summed E-state index contributed by atoms with van der Waals surface area (Å²) >= 11 is 0. The molecule has 16 heavy (non-hydrogen) atoms. The molecule has 1 aliphatic carbocycles. The third-order valence-corrected chi connectivity index (χ3v) is 2.83. The molecule has 0 bridgehead atoms. The van der Waals surface area contributed by atoms with Crippen LogP contribution in [0.1, 0.15) is 25.8 Å². The van der Waals surface area contributed by atoms with Gasteiger partial charge in [0.1, 0.15) is 11.9 Å². The lowest BCUT2D eigenvalue weighted by molar-refractivity contribution is -0.114. The van der Waals surface area contributed by atoms with Crippen LogP contribution in [-0.2, 0) is 4.79 Å². The van der Waals surface area contributed by atoms with Crippen LogP contribution in [0.3, 0.4) is 0 Å². The minimum atomic E-state index is -0.0485. The van der Waals surface area contributed by atoms with E-state index in [1.54, 1.807) is 0 Å². The van der Waals surface area contributed by atoms with Crippen molar-refractivity contribution in [2.75, 3.05) is 5.32 Å². The first-order valence-corrected chi connectivity index (χ1v) is 5.61. The number of hydrogen-bond donors (Lipinski definition) is 1. The summed E-state index contributed by atoms with van der Waals surface area (Å²) in [4.78, 5) is 10.9. The molecule has 0 aliphatic heterocycles. The summed E-state index contributed by atoms with van der Waals surface area (Å²) in [5.74, 6) is 1.52. The number of anilines is 1. The predicted octanol–water partition coefficient (Wildman–Crippen LogP) is 2.74. The van der Waals surface area contributed by atoms with Crippen LogP contribution in [0.2, 0.25) is 0 Å². The van der Waals surface area contributed by atoms with Crippen molar-refractivity contribution >= 4 is 11.6 Å². The Bertz CT molecular complexity index is 414. The molecule has 3 heteroatoms. The van der Waals surface area contributed by atoms with Gasteiger partial charge in [0, 0.05) is 12.6 Å². The molecule has 0 radical (unpaired) electrons.